The van der Waals surface area contributed by atoms with E-state index in [1.54, 1.807) is 0 Å². The first-order valence-electron chi connectivity index (χ1n) is 7.56. The topological polar surface area (TPSA) is 84.5 Å². The van der Waals surface area contributed by atoms with Gasteiger partial charge in [-0.1, -0.05) is 0 Å². The molecule has 0 atom stereocenters. The monoisotopic (exact) mass is 298 g/mol. The Bertz CT molecular complexity index is 376. The van der Waals surface area contributed by atoms with Crippen LogP contribution in [0.2, 0.25) is 0 Å². The van der Waals surface area contributed by atoms with Crippen molar-refractivity contribution in [2.45, 2.75) is 77.4 Å². The number of rotatable bonds is 5. The molecule has 1 aliphatic heterocycles. The van der Waals surface area contributed by atoms with Gasteiger partial charge in [-0.25, -0.2) is 0 Å². The Hall–Kier alpha value is -1.14. The molecule has 2 amide bonds. The lowest BCUT2D eigenvalue weighted by atomic mass is 9.79. The summed E-state index contributed by atoms with van der Waals surface area (Å²) < 4.78 is 0. The van der Waals surface area contributed by atoms with Crippen molar-refractivity contribution < 1.29 is 9.59 Å². The summed E-state index contributed by atoms with van der Waals surface area (Å²) in [5.74, 6) is -0.0990. The van der Waals surface area contributed by atoms with Crippen LogP contribution in [-0.2, 0) is 9.59 Å². The van der Waals surface area contributed by atoms with Gasteiger partial charge in [-0.3, -0.25) is 9.59 Å². The van der Waals surface area contributed by atoms with E-state index in [-0.39, 0.29) is 17.9 Å². The molecule has 0 saturated carbocycles. The number of nitrogens with zero attached hydrogens (tertiary/aromatic N) is 1. The molecule has 1 fully saturated rings. The summed E-state index contributed by atoms with van der Waals surface area (Å²) in [4.78, 5) is 22.7. The van der Waals surface area contributed by atoms with Gasteiger partial charge in [0.1, 0.15) is 0 Å². The van der Waals surface area contributed by atoms with Crippen molar-refractivity contribution in [1.29, 1.82) is 0 Å². The molecule has 0 aromatic carbocycles. The summed E-state index contributed by atoms with van der Waals surface area (Å²) in [7, 11) is 0. The molecule has 1 rings (SSSR count). The Morgan fingerprint density at radius 1 is 1.19 bits per heavy atom. The molecule has 1 saturated heterocycles. The lowest BCUT2D eigenvalue weighted by molar-refractivity contribution is -0.123. The highest BCUT2D eigenvalue weighted by Crippen LogP contribution is 2.37. The summed E-state index contributed by atoms with van der Waals surface area (Å²) in [6.07, 6.45) is 2.31. The van der Waals surface area contributed by atoms with E-state index < -0.39 is 11.1 Å². The molecule has 0 aliphatic carbocycles. The molecular weight excluding hydrogens is 270 g/mol. The maximum atomic E-state index is 12.2. The lowest BCUT2D eigenvalue weighted by Gasteiger charge is -2.60. The van der Waals surface area contributed by atoms with Crippen LogP contribution in [0.4, 0.5) is 0 Å². The number of hydroxylamine groups is 2. The summed E-state index contributed by atoms with van der Waals surface area (Å²) in [6, 6.07) is 0.0217. The highest BCUT2D eigenvalue weighted by molar-refractivity contribution is 5.76. The van der Waals surface area contributed by atoms with E-state index in [2.05, 4.69) is 10.6 Å². The Labute approximate surface area is 127 Å². The minimum absolute atomic E-state index is 0.0173. The van der Waals surface area contributed by atoms with Crippen molar-refractivity contribution in [2.75, 3.05) is 6.54 Å². The quantitative estimate of drug-likeness (QED) is 0.754. The van der Waals surface area contributed by atoms with Crippen LogP contribution in [0.25, 0.3) is 0 Å². The van der Waals surface area contributed by atoms with Crippen LogP contribution in [-0.4, -0.2) is 40.5 Å². The highest BCUT2D eigenvalue weighted by Gasteiger charge is 2.40. The standard InChI is InChI=1S/C15H28N3O3/c1-11(19)16-8-6-7-13(20)17-12-9-14(2,3)18(21)15(4,5)10-12/h12H,6-10H2,1-5H3,(H,16,19)(H,17,20)/q-1. The molecule has 0 aromatic rings. The predicted octanol–water partition coefficient (Wildman–Crippen LogP) is 1.54. The number of nitrogens with one attached hydrogen (secondary N) is 2. The van der Waals surface area contributed by atoms with Gasteiger partial charge in [-0.15, -0.1) is 0 Å². The molecule has 0 aromatic heterocycles. The van der Waals surface area contributed by atoms with Crippen LogP contribution in [0.3, 0.4) is 0 Å². The van der Waals surface area contributed by atoms with Gasteiger partial charge >= 0.3 is 0 Å². The minimum Gasteiger partial charge on any atom is -0.784 e. The Kier molecular flexibility index (Phi) is 5.75. The first kappa shape index (κ1) is 17.9. The molecule has 0 bridgehead atoms. The number of carbonyl (C=O) groups excluding carboxylic acids is 2. The zero-order chi connectivity index (χ0) is 16.3. The first-order valence-corrected chi connectivity index (χ1v) is 7.56. The zero-order valence-corrected chi connectivity index (χ0v) is 13.8. The van der Waals surface area contributed by atoms with Crippen LogP contribution in [0, 0.1) is 5.21 Å². The molecule has 21 heavy (non-hydrogen) atoms. The largest absolute Gasteiger partial charge is 0.784 e. The van der Waals surface area contributed by atoms with Gasteiger partial charge in [0.15, 0.2) is 0 Å². The molecule has 1 heterocycles. The number of carbonyl (C=O) groups is 2. The van der Waals surface area contributed by atoms with Crippen LogP contribution in [0.15, 0.2) is 0 Å². The van der Waals surface area contributed by atoms with Crippen LogP contribution >= 0.6 is 0 Å². The zero-order valence-electron chi connectivity index (χ0n) is 13.8. The van der Waals surface area contributed by atoms with Crippen molar-refractivity contribution in [3.05, 3.63) is 5.21 Å². The van der Waals surface area contributed by atoms with E-state index in [1.807, 2.05) is 27.7 Å². The van der Waals surface area contributed by atoms with E-state index >= 15 is 0 Å². The second-order valence-electron chi connectivity index (χ2n) is 7.18. The number of amides is 2. The third-order valence-electron chi connectivity index (χ3n) is 3.91. The van der Waals surface area contributed by atoms with E-state index in [0.29, 0.717) is 32.2 Å². The van der Waals surface area contributed by atoms with Crippen molar-refractivity contribution in [1.82, 2.24) is 15.7 Å². The molecule has 122 valence electrons. The lowest BCUT2D eigenvalue weighted by Crippen LogP contribution is -2.61. The molecule has 6 heteroatoms. The fourth-order valence-corrected chi connectivity index (χ4v) is 3.18. The van der Waals surface area contributed by atoms with E-state index in [4.69, 9.17) is 0 Å². The Balaban J connectivity index is 2.44. The predicted molar refractivity (Wildman–Crippen MR) is 82.4 cm³/mol. The van der Waals surface area contributed by atoms with Gasteiger partial charge in [0, 0.05) is 37.0 Å². The second kappa shape index (κ2) is 6.75. The molecule has 2 N–H and O–H groups in total. The fraction of sp³-hybridized carbons (Fsp3) is 0.867. The van der Waals surface area contributed by atoms with Gasteiger partial charge in [-0.05, 0) is 47.0 Å². The van der Waals surface area contributed by atoms with Crippen molar-refractivity contribution >= 4 is 11.8 Å². The third-order valence-corrected chi connectivity index (χ3v) is 3.91. The molecular formula is C15H28N3O3-. The normalized spacial score (nSPS) is 21.8. The number of hydrogen-bond donors (Lipinski definition) is 2. The van der Waals surface area contributed by atoms with Crippen molar-refractivity contribution in [2.24, 2.45) is 0 Å². The number of hydrogen-bond acceptors (Lipinski definition) is 4. The highest BCUT2D eigenvalue weighted by atomic mass is 16.5. The SMILES string of the molecule is CC(=O)NCCCC(=O)NC1CC(C)(C)N([O-])C(C)(C)C1. The van der Waals surface area contributed by atoms with Crippen LogP contribution in [0.1, 0.15) is 60.3 Å². The van der Waals surface area contributed by atoms with Gasteiger partial charge in [-0.2, -0.15) is 0 Å². The first-order chi connectivity index (χ1) is 9.54. The molecule has 0 spiro atoms. The van der Waals surface area contributed by atoms with Crippen molar-refractivity contribution in [3.63, 3.8) is 0 Å². The third kappa shape index (κ3) is 5.28. The van der Waals surface area contributed by atoms with Crippen LogP contribution in [0.5, 0.6) is 0 Å². The average molecular weight is 298 g/mol. The average Bonchev–Trinajstić information content (AvgIpc) is 2.30. The van der Waals surface area contributed by atoms with E-state index in [1.165, 1.54) is 6.92 Å². The van der Waals surface area contributed by atoms with Gasteiger partial charge < -0.3 is 20.9 Å². The van der Waals surface area contributed by atoms with Crippen LogP contribution < -0.4 is 10.6 Å². The maximum Gasteiger partial charge on any atom is 0.220 e. The summed E-state index contributed by atoms with van der Waals surface area (Å²) in [6.45, 7) is 9.63. The second-order valence-corrected chi connectivity index (χ2v) is 7.18. The van der Waals surface area contributed by atoms with Gasteiger partial charge in [0.25, 0.3) is 0 Å². The van der Waals surface area contributed by atoms with Gasteiger partial charge in [0.05, 0.1) is 0 Å². The van der Waals surface area contributed by atoms with E-state index in [0.717, 1.165) is 5.06 Å². The Morgan fingerprint density at radius 2 is 1.71 bits per heavy atom. The molecule has 0 unspecified atom stereocenters. The smallest absolute Gasteiger partial charge is 0.220 e. The van der Waals surface area contributed by atoms with Gasteiger partial charge in [0.2, 0.25) is 11.8 Å². The maximum absolute atomic E-state index is 12.2. The molecule has 6 nitrogen and oxygen atoms in total. The fourth-order valence-electron chi connectivity index (χ4n) is 3.18. The summed E-state index contributed by atoms with van der Waals surface area (Å²) in [5.41, 5.74) is -0.953. The molecule has 1 aliphatic rings. The Morgan fingerprint density at radius 3 is 2.19 bits per heavy atom. The minimum atomic E-state index is -0.476. The van der Waals surface area contributed by atoms with E-state index in [9.17, 15) is 14.8 Å². The number of piperidine rings is 1. The summed E-state index contributed by atoms with van der Waals surface area (Å²) in [5, 5.41) is 19.1. The molecule has 0 radical (unpaired) electrons. The summed E-state index contributed by atoms with van der Waals surface area (Å²) >= 11 is 0. The van der Waals surface area contributed by atoms with Crippen molar-refractivity contribution in [3.8, 4) is 0 Å².